The molecule has 3 heteroatoms. The van der Waals surface area contributed by atoms with Crippen LogP contribution >= 0.6 is 0 Å². The number of allylic oxidation sites excluding steroid dienone is 1. The van der Waals surface area contributed by atoms with Crippen molar-refractivity contribution in [3.05, 3.63) is 35.4 Å². The molecule has 0 heterocycles. The monoisotopic (exact) mass is 245 g/mol. The summed E-state index contributed by atoms with van der Waals surface area (Å²) in [5.74, 6) is 0.898. The molecule has 0 saturated carbocycles. The lowest BCUT2D eigenvalue weighted by molar-refractivity contribution is -0.118. The second kappa shape index (κ2) is 5.71. The molecule has 0 aromatic heterocycles. The Bertz CT molecular complexity index is 477. The van der Waals surface area contributed by atoms with Gasteiger partial charge in [0.1, 0.15) is 5.75 Å². The molecule has 0 bridgehead atoms. The van der Waals surface area contributed by atoms with E-state index < -0.39 is 0 Å². The molecular formula is C15H19NO2. The van der Waals surface area contributed by atoms with Crippen molar-refractivity contribution in [2.45, 2.75) is 26.2 Å². The van der Waals surface area contributed by atoms with Crippen LogP contribution in [0.15, 0.2) is 24.3 Å². The zero-order valence-electron chi connectivity index (χ0n) is 11.0. The van der Waals surface area contributed by atoms with E-state index in [1.807, 2.05) is 6.07 Å². The summed E-state index contributed by atoms with van der Waals surface area (Å²) in [6, 6.07) is 6.24. The van der Waals surface area contributed by atoms with E-state index in [-0.39, 0.29) is 5.91 Å². The first kappa shape index (κ1) is 12.7. The van der Waals surface area contributed by atoms with E-state index in [0.717, 1.165) is 18.6 Å². The summed E-state index contributed by atoms with van der Waals surface area (Å²) in [6.45, 7) is 2.14. The fourth-order valence-electron chi connectivity index (χ4n) is 2.33. The molecule has 0 saturated heterocycles. The van der Waals surface area contributed by atoms with Crippen molar-refractivity contribution in [1.82, 2.24) is 5.32 Å². The van der Waals surface area contributed by atoms with E-state index in [0.29, 0.717) is 6.54 Å². The third-order valence-corrected chi connectivity index (χ3v) is 3.25. The summed E-state index contributed by atoms with van der Waals surface area (Å²) in [4.78, 5) is 10.9. The van der Waals surface area contributed by atoms with Gasteiger partial charge in [-0.05, 0) is 48.1 Å². The molecule has 0 fully saturated rings. The molecule has 0 atom stereocenters. The first-order valence-electron chi connectivity index (χ1n) is 6.31. The number of fused-ring (bicyclic) bond motifs is 1. The molecule has 1 aliphatic carbocycles. The van der Waals surface area contributed by atoms with Crippen molar-refractivity contribution in [2.24, 2.45) is 0 Å². The minimum atomic E-state index is 0.00789. The van der Waals surface area contributed by atoms with Crippen LogP contribution < -0.4 is 10.1 Å². The number of benzene rings is 1. The standard InChI is InChI=1S/C15H19NO2/c1-11(17)16-9-8-13-5-3-4-12-6-7-14(18-2)10-15(12)13/h6-8,10H,3-5,9H2,1-2H3,(H,16,17)/b13-8-. The highest BCUT2D eigenvalue weighted by atomic mass is 16.5. The van der Waals surface area contributed by atoms with Crippen molar-refractivity contribution in [1.29, 1.82) is 0 Å². The Morgan fingerprint density at radius 1 is 1.44 bits per heavy atom. The topological polar surface area (TPSA) is 38.3 Å². The number of ether oxygens (including phenoxy) is 1. The van der Waals surface area contributed by atoms with Gasteiger partial charge in [0, 0.05) is 13.5 Å². The van der Waals surface area contributed by atoms with Crippen LogP contribution in [-0.4, -0.2) is 19.6 Å². The average Bonchev–Trinajstić information content (AvgIpc) is 2.38. The average molecular weight is 245 g/mol. The Labute approximate surface area is 108 Å². The lowest BCUT2D eigenvalue weighted by Crippen LogP contribution is -2.19. The fraction of sp³-hybridized carbons (Fsp3) is 0.400. The Kier molecular flexibility index (Phi) is 4.03. The summed E-state index contributed by atoms with van der Waals surface area (Å²) in [6.07, 6.45) is 5.47. The van der Waals surface area contributed by atoms with Gasteiger partial charge in [-0.2, -0.15) is 0 Å². The molecule has 0 radical (unpaired) electrons. The second-order valence-electron chi connectivity index (χ2n) is 4.54. The molecule has 2 rings (SSSR count). The molecule has 1 aromatic rings. The lowest BCUT2D eigenvalue weighted by Gasteiger charge is -2.20. The van der Waals surface area contributed by atoms with Gasteiger partial charge in [0.25, 0.3) is 0 Å². The van der Waals surface area contributed by atoms with Crippen molar-refractivity contribution < 1.29 is 9.53 Å². The SMILES string of the molecule is COc1ccc2c(c1)/C(=C\CNC(C)=O)CCC2. The number of hydrogen-bond acceptors (Lipinski definition) is 2. The van der Waals surface area contributed by atoms with E-state index in [1.54, 1.807) is 7.11 Å². The molecule has 0 unspecified atom stereocenters. The summed E-state index contributed by atoms with van der Waals surface area (Å²) in [5, 5.41) is 2.81. The number of rotatable bonds is 3. The van der Waals surface area contributed by atoms with Crippen LogP contribution in [0.2, 0.25) is 0 Å². The van der Waals surface area contributed by atoms with Gasteiger partial charge >= 0.3 is 0 Å². The quantitative estimate of drug-likeness (QED) is 0.888. The number of amides is 1. The van der Waals surface area contributed by atoms with Crippen LogP contribution in [0.5, 0.6) is 5.75 Å². The van der Waals surface area contributed by atoms with Crippen LogP contribution in [0, 0.1) is 0 Å². The number of aryl methyl sites for hydroxylation is 1. The first-order valence-corrected chi connectivity index (χ1v) is 6.31. The molecule has 1 aliphatic rings. The summed E-state index contributed by atoms with van der Waals surface area (Å²) < 4.78 is 5.27. The predicted octanol–water partition coefficient (Wildman–Crippen LogP) is 2.55. The third-order valence-electron chi connectivity index (χ3n) is 3.25. The van der Waals surface area contributed by atoms with Crippen LogP contribution in [0.1, 0.15) is 30.9 Å². The van der Waals surface area contributed by atoms with E-state index >= 15 is 0 Å². The van der Waals surface area contributed by atoms with Crippen LogP contribution in [0.4, 0.5) is 0 Å². The molecule has 1 amide bonds. The van der Waals surface area contributed by atoms with Gasteiger partial charge in [-0.25, -0.2) is 0 Å². The molecular weight excluding hydrogens is 226 g/mol. The largest absolute Gasteiger partial charge is 0.497 e. The Morgan fingerprint density at radius 3 is 3.00 bits per heavy atom. The Morgan fingerprint density at radius 2 is 2.28 bits per heavy atom. The third kappa shape index (κ3) is 2.92. The van der Waals surface area contributed by atoms with Crippen LogP contribution in [-0.2, 0) is 11.2 Å². The highest BCUT2D eigenvalue weighted by molar-refractivity contribution is 5.74. The number of hydrogen-bond donors (Lipinski definition) is 1. The van der Waals surface area contributed by atoms with Crippen LogP contribution in [0.3, 0.4) is 0 Å². The minimum absolute atomic E-state index is 0.00789. The van der Waals surface area contributed by atoms with Gasteiger partial charge in [0.05, 0.1) is 7.11 Å². The molecule has 18 heavy (non-hydrogen) atoms. The van der Waals surface area contributed by atoms with E-state index in [1.165, 1.54) is 30.0 Å². The van der Waals surface area contributed by atoms with Gasteiger partial charge in [-0.3, -0.25) is 4.79 Å². The van der Waals surface area contributed by atoms with Crippen LogP contribution in [0.25, 0.3) is 5.57 Å². The van der Waals surface area contributed by atoms with E-state index in [4.69, 9.17) is 4.74 Å². The van der Waals surface area contributed by atoms with Gasteiger partial charge in [0.15, 0.2) is 0 Å². The van der Waals surface area contributed by atoms with Gasteiger partial charge < -0.3 is 10.1 Å². The van der Waals surface area contributed by atoms with Crippen molar-refractivity contribution in [2.75, 3.05) is 13.7 Å². The number of methoxy groups -OCH3 is 1. The zero-order valence-corrected chi connectivity index (χ0v) is 11.0. The van der Waals surface area contributed by atoms with Crippen molar-refractivity contribution >= 4 is 11.5 Å². The summed E-state index contributed by atoms with van der Waals surface area (Å²) >= 11 is 0. The van der Waals surface area contributed by atoms with Gasteiger partial charge in [0.2, 0.25) is 5.91 Å². The number of carbonyl (C=O) groups excluding carboxylic acids is 1. The molecule has 3 nitrogen and oxygen atoms in total. The zero-order chi connectivity index (χ0) is 13.0. The summed E-state index contributed by atoms with van der Waals surface area (Å²) in [7, 11) is 1.69. The van der Waals surface area contributed by atoms with E-state index in [9.17, 15) is 4.79 Å². The number of nitrogens with one attached hydrogen (secondary N) is 1. The molecule has 1 N–H and O–H groups in total. The van der Waals surface area contributed by atoms with E-state index in [2.05, 4.69) is 23.5 Å². The maximum absolute atomic E-state index is 10.9. The van der Waals surface area contributed by atoms with Gasteiger partial charge in [-0.1, -0.05) is 12.1 Å². The smallest absolute Gasteiger partial charge is 0.217 e. The molecule has 0 aliphatic heterocycles. The van der Waals surface area contributed by atoms with Gasteiger partial charge in [-0.15, -0.1) is 0 Å². The van der Waals surface area contributed by atoms with Crippen molar-refractivity contribution in [3.8, 4) is 5.75 Å². The summed E-state index contributed by atoms with van der Waals surface area (Å²) in [5.41, 5.74) is 3.95. The normalized spacial score (nSPS) is 16.2. The number of carbonyl (C=O) groups is 1. The predicted molar refractivity (Wildman–Crippen MR) is 72.6 cm³/mol. The Hall–Kier alpha value is -1.77. The fourth-order valence-corrected chi connectivity index (χ4v) is 2.33. The second-order valence-corrected chi connectivity index (χ2v) is 4.54. The molecule has 0 spiro atoms. The highest BCUT2D eigenvalue weighted by Gasteiger charge is 2.14. The lowest BCUT2D eigenvalue weighted by atomic mass is 9.87. The molecule has 96 valence electrons. The molecule has 1 aromatic carbocycles. The first-order chi connectivity index (χ1) is 8.70. The Balaban J connectivity index is 2.22. The highest BCUT2D eigenvalue weighted by Crippen LogP contribution is 2.32. The van der Waals surface area contributed by atoms with Crippen molar-refractivity contribution in [3.63, 3.8) is 0 Å². The maximum atomic E-state index is 10.9. The maximum Gasteiger partial charge on any atom is 0.217 e. The minimum Gasteiger partial charge on any atom is -0.497 e.